The summed E-state index contributed by atoms with van der Waals surface area (Å²) in [5.41, 5.74) is 1.54. The summed E-state index contributed by atoms with van der Waals surface area (Å²) in [5, 5.41) is 3.03. The lowest BCUT2D eigenvalue weighted by atomic mass is 9.95. The quantitative estimate of drug-likeness (QED) is 0.489. The number of hydrogen-bond acceptors (Lipinski definition) is 5. The predicted molar refractivity (Wildman–Crippen MR) is 129 cm³/mol. The normalized spacial score (nSPS) is 18.4. The maximum Gasteiger partial charge on any atom is 0.308 e. The van der Waals surface area contributed by atoms with Crippen LogP contribution in [0.4, 0.5) is 0 Å². The summed E-state index contributed by atoms with van der Waals surface area (Å²) < 4.78 is 5.07. The Morgan fingerprint density at radius 1 is 1.03 bits per heavy atom. The Hall–Kier alpha value is -3.68. The van der Waals surface area contributed by atoms with Gasteiger partial charge in [0.15, 0.2) is 0 Å². The fourth-order valence-corrected chi connectivity index (χ4v) is 4.68. The molecule has 0 saturated carbocycles. The van der Waals surface area contributed by atoms with Gasteiger partial charge in [-0.15, -0.1) is 0 Å². The summed E-state index contributed by atoms with van der Waals surface area (Å²) in [6.45, 7) is 4.04. The summed E-state index contributed by atoms with van der Waals surface area (Å²) in [5.74, 6) is -0.264. The Kier molecular flexibility index (Phi) is 7.80. The Balaban J connectivity index is 1.21. The third kappa shape index (κ3) is 6.47. The number of esters is 1. The number of ether oxygens (including phenoxy) is 1. The van der Waals surface area contributed by atoms with Gasteiger partial charge < -0.3 is 19.9 Å². The van der Waals surface area contributed by atoms with E-state index in [1.165, 1.54) is 6.92 Å². The fraction of sp³-hybridized carbons (Fsp3) is 0.407. The molecule has 1 N–H and O–H groups in total. The molecule has 35 heavy (non-hydrogen) atoms. The maximum absolute atomic E-state index is 12.9. The number of piperidine rings is 1. The number of carbonyl (C=O) groups is 4. The van der Waals surface area contributed by atoms with Gasteiger partial charge in [0.25, 0.3) is 5.91 Å². The number of hydrogen-bond donors (Lipinski definition) is 1. The molecular formula is C27H31N3O5. The Labute approximate surface area is 205 Å². The van der Waals surface area contributed by atoms with Crippen LogP contribution in [0.2, 0.25) is 0 Å². The first-order valence-electron chi connectivity index (χ1n) is 12.1. The smallest absolute Gasteiger partial charge is 0.308 e. The van der Waals surface area contributed by atoms with Crippen LogP contribution in [0.15, 0.2) is 54.6 Å². The maximum atomic E-state index is 12.9. The third-order valence-corrected chi connectivity index (χ3v) is 6.61. The molecule has 4 rings (SSSR count). The van der Waals surface area contributed by atoms with Gasteiger partial charge in [0.2, 0.25) is 11.8 Å². The minimum atomic E-state index is -0.427. The molecule has 2 aromatic carbocycles. The first kappa shape index (κ1) is 24.4. The van der Waals surface area contributed by atoms with Crippen molar-refractivity contribution in [3.8, 4) is 5.75 Å². The molecule has 0 aliphatic carbocycles. The van der Waals surface area contributed by atoms with E-state index < -0.39 is 5.97 Å². The van der Waals surface area contributed by atoms with Crippen molar-refractivity contribution in [3.63, 3.8) is 0 Å². The average Bonchev–Trinajstić information content (AvgIpc) is 3.23. The van der Waals surface area contributed by atoms with E-state index in [-0.39, 0.29) is 36.0 Å². The zero-order valence-electron chi connectivity index (χ0n) is 19.9. The minimum absolute atomic E-state index is 0.0126. The lowest BCUT2D eigenvalue weighted by molar-refractivity contribution is -0.132. The number of nitrogens with one attached hydrogen (secondary N) is 1. The van der Waals surface area contributed by atoms with E-state index >= 15 is 0 Å². The molecule has 2 saturated heterocycles. The van der Waals surface area contributed by atoms with Gasteiger partial charge in [-0.25, -0.2) is 0 Å². The minimum Gasteiger partial charge on any atom is -0.427 e. The van der Waals surface area contributed by atoms with Gasteiger partial charge in [0.05, 0.1) is 5.92 Å². The number of amides is 3. The lowest BCUT2D eigenvalue weighted by Gasteiger charge is -2.32. The van der Waals surface area contributed by atoms with E-state index in [9.17, 15) is 19.2 Å². The van der Waals surface area contributed by atoms with Crippen LogP contribution in [0.1, 0.15) is 42.1 Å². The lowest BCUT2D eigenvalue weighted by Crippen LogP contribution is -2.42. The van der Waals surface area contributed by atoms with Crippen molar-refractivity contribution in [2.45, 2.75) is 32.7 Å². The first-order valence-corrected chi connectivity index (χ1v) is 12.1. The molecule has 2 aliphatic heterocycles. The van der Waals surface area contributed by atoms with Crippen molar-refractivity contribution < 1.29 is 23.9 Å². The molecule has 0 bridgehead atoms. The molecule has 8 heteroatoms. The van der Waals surface area contributed by atoms with Crippen LogP contribution >= 0.6 is 0 Å². The number of nitrogens with zero attached hydrogens (tertiary/aromatic N) is 2. The molecule has 0 radical (unpaired) electrons. The van der Waals surface area contributed by atoms with E-state index in [0.717, 1.165) is 18.4 Å². The number of likely N-dealkylation sites (tertiary alicyclic amines) is 2. The highest BCUT2D eigenvalue weighted by Crippen LogP contribution is 2.23. The number of carbonyl (C=O) groups excluding carboxylic acids is 4. The average molecular weight is 478 g/mol. The van der Waals surface area contributed by atoms with Gasteiger partial charge >= 0.3 is 5.97 Å². The van der Waals surface area contributed by atoms with E-state index in [1.54, 1.807) is 34.1 Å². The molecule has 0 spiro atoms. The van der Waals surface area contributed by atoms with Gasteiger partial charge in [-0.1, -0.05) is 36.4 Å². The topological polar surface area (TPSA) is 96.0 Å². The standard InChI is InChI=1S/C27H31N3O5/c1-19(31)35-24-9-5-8-22(14-24)27(34)29-12-10-20(11-13-29)16-28-26(33)23-15-25(32)30(18-23)17-21-6-3-2-4-7-21/h2-9,14,20,23H,10-13,15-18H2,1H3,(H,28,33). The highest BCUT2D eigenvalue weighted by Gasteiger charge is 2.34. The monoisotopic (exact) mass is 477 g/mol. The first-order chi connectivity index (χ1) is 16.9. The second kappa shape index (κ2) is 11.2. The van der Waals surface area contributed by atoms with Crippen LogP contribution in [-0.2, 0) is 20.9 Å². The van der Waals surface area contributed by atoms with E-state index in [2.05, 4.69) is 5.32 Å². The number of rotatable bonds is 7. The molecule has 0 aromatic heterocycles. The second-order valence-corrected chi connectivity index (χ2v) is 9.26. The molecule has 8 nitrogen and oxygen atoms in total. The molecule has 2 aliphatic rings. The molecule has 184 valence electrons. The highest BCUT2D eigenvalue weighted by atomic mass is 16.5. The SMILES string of the molecule is CC(=O)Oc1cccc(C(=O)N2CCC(CNC(=O)C3CC(=O)N(Cc4ccccc4)C3)CC2)c1. The molecule has 3 amide bonds. The molecule has 2 heterocycles. The highest BCUT2D eigenvalue weighted by molar-refractivity contribution is 5.94. The van der Waals surface area contributed by atoms with Crippen molar-refractivity contribution in [1.29, 1.82) is 0 Å². The van der Waals surface area contributed by atoms with Crippen LogP contribution in [0.3, 0.4) is 0 Å². The Morgan fingerprint density at radius 2 is 1.77 bits per heavy atom. The van der Waals surface area contributed by atoms with E-state index in [1.807, 2.05) is 30.3 Å². The largest absolute Gasteiger partial charge is 0.427 e. The van der Waals surface area contributed by atoms with Crippen molar-refractivity contribution in [1.82, 2.24) is 15.1 Å². The zero-order chi connectivity index (χ0) is 24.8. The van der Waals surface area contributed by atoms with Crippen LogP contribution in [0.5, 0.6) is 5.75 Å². The Bertz CT molecular complexity index is 1080. The van der Waals surface area contributed by atoms with Crippen molar-refractivity contribution in [2.75, 3.05) is 26.2 Å². The molecule has 1 atom stereocenters. The zero-order valence-corrected chi connectivity index (χ0v) is 19.9. The Morgan fingerprint density at radius 3 is 2.49 bits per heavy atom. The van der Waals surface area contributed by atoms with Gasteiger partial charge in [-0.3, -0.25) is 19.2 Å². The van der Waals surface area contributed by atoms with E-state index in [4.69, 9.17) is 4.74 Å². The van der Waals surface area contributed by atoms with Gasteiger partial charge in [-0.2, -0.15) is 0 Å². The summed E-state index contributed by atoms with van der Waals surface area (Å²) in [4.78, 5) is 52.6. The van der Waals surface area contributed by atoms with Gasteiger partial charge in [0, 0.05) is 51.6 Å². The van der Waals surface area contributed by atoms with Crippen LogP contribution in [-0.4, -0.2) is 59.7 Å². The van der Waals surface area contributed by atoms with Crippen molar-refractivity contribution >= 4 is 23.7 Å². The van der Waals surface area contributed by atoms with Gasteiger partial charge in [-0.05, 0) is 42.5 Å². The molecule has 2 fully saturated rings. The second-order valence-electron chi connectivity index (χ2n) is 9.26. The fourth-order valence-electron chi connectivity index (χ4n) is 4.68. The summed E-state index contributed by atoms with van der Waals surface area (Å²) in [6, 6.07) is 16.4. The third-order valence-electron chi connectivity index (χ3n) is 6.61. The van der Waals surface area contributed by atoms with Crippen molar-refractivity contribution in [2.24, 2.45) is 11.8 Å². The number of benzene rings is 2. The van der Waals surface area contributed by atoms with E-state index in [0.29, 0.717) is 44.0 Å². The summed E-state index contributed by atoms with van der Waals surface area (Å²) >= 11 is 0. The molecular weight excluding hydrogens is 446 g/mol. The summed E-state index contributed by atoms with van der Waals surface area (Å²) in [7, 11) is 0. The van der Waals surface area contributed by atoms with Crippen LogP contribution in [0, 0.1) is 11.8 Å². The van der Waals surface area contributed by atoms with Gasteiger partial charge in [0.1, 0.15) is 5.75 Å². The van der Waals surface area contributed by atoms with Crippen molar-refractivity contribution in [3.05, 3.63) is 65.7 Å². The van der Waals surface area contributed by atoms with Crippen LogP contribution in [0.25, 0.3) is 0 Å². The molecule has 2 aromatic rings. The predicted octanol–water partition coefficient (Wildman–Crippen LogP) is 2.63. The molecule has 1 unspecified atom stereocenters. The summed E-state index contributed by atoms with van der Waals surface area (Å²) in [6.07, 6.45) is 1.83. The van der Waals surface area contributed by atoms with Crippen LogP contribution < -0.4 is 10.1 Å².